The van der Waals surface area contributed by atoms with E-state index in [1.165, 1.54) is 0 Å². The lowest BCUT2D eigenvalue weighted by Crippen LogP contribution is -2.14. The number of Topliss-reactive ketones (excluding diaryl/α,β-unsaturated/α-hetero) is 1. The van der Waals surface area contributed by atoms with E-state index in [4.69, 9.17) is 5.73 Å². The molecule has 0 radical (unpaired) electrons. The normalized spacial score (nSPS) is 12.7. The van der Waals surface area contributed by atoms with Crippen LogP contribution >= 0.6 is 27.3 Å². The van der Waals surface area contributed by atoms with E-state index in [0.29, 0.717) is 18.7 Å². The molecule has 1 aromatic heterocycles. The molecule has 2 N–H and O–H groups in total. The van der Waals surface area contributed by atoms with E-state index in [9.17, 15) is 4.79 Å². The average Bonchev–Trinajstić information content (AvgIpc) is 2.61. The van der Waals surface area contributed by atoms with Gasteiger partial charge in [0, 0.05) is 21.7 Å². The fourth-order valence-corrected chi connectivity index (χ4v) is 2.87. The Balaban J connectivity index is 2.45. The minimum Gasteiger partial charge on any atom is -0.330 e. The van der Waals surface area contributed by atoms with Gasteiger partial charge < -0.3 is 5.73 Å². The summed E-state index contributed by atoms with van der Waals surface area (Å²) >= 11 is 5.06. The molecule has 1 heterocycles. The van der Waals surface area contributed by atoms with Gasteiger partial charge in [0.2, 0.25) is 0 Å². The fourth-order valence-electron chi connectivity index (χ4n) is 1.37. The van der Waals surface area contributed by atoms with Gasteiger partial charge in [-0.25, -0.2) is 0 Å². The van der Waals surface area contributed by atoms with E-state index in [1.54, 1.807) is 11.3 Å². The molecule has 0 bridgehead atoms. The van der Waals surface area contributed by atoms with Crippen LogP contribution in [-0.4, -0.2) is 12.3 Å². The van der Waals surface area contributed by atoms with Crippen LogP contribution in [0.25, 0.3) is 0 Å². The van der Waals surface area contributed by atoms with E-state index < -0.39 is 0 Å². The maximum atomic E-state index is 11.8. The van der Waals surface area contributed by atoms with Crippen molar-refractivity contribution >= 4 is 33.0 Å². The Hall–Kier alpha value is -0.190. The van der Waals surface area contributed by atoms with Gasteiger partial charge in [0.15, 0.2) is 0 Å². The first-order valence-electron chi connectivity index (χ1n) is 5.09. The van der Waals surface area contributed by atoms with Crippen LogP contribution < -0.4 is 5.73 Å². The first-order valence-corrected chi connectivity index (χ1v) is 6.77. The van der Waals surface area contributed by atoms with Crippen molar-refractivity contribution in [2.24, 2.45) is 11.7 Å². The molecular formula is C11H16BrNOS. The molecule has 0 aliphatic heterocycles. The Morgan fingerprint density at radius 1 is 1.67 bits per heavy atom. The van der Waals surface area contributed by atoms with Gasteiger partial charge in [-0.2, -0.15) is 0 Å². The Kier molecular flexibility index (Phi) is 5.50. The molecule has 2 nitrogen and oxygen atoms in total. The zero-order valence-electron chi connectivity index (χ0n) is 8.83. The van der Waals surface area contributed by atoms with Gasteiger partial charge in [0.1, 0.15) is 5.78 Å². The van der Waals surface area contributed by atoms with E-state index in [2.05, 4.69) is 15.9 Å². The van der Waals surface area contributed by atoms with Gasteiger partial charge in [-0.3, -0.25) is 4.79 Å². The molecule has 1 aromatic rings. The molecule has 0 aliphatic rings. The SMILES string of the molecule is CC(CCCN)C(=O)Cc1sccc1Br. The molecule has 1 unspecified atom stereocenters. The lowest BCUT2D eigenvalue weighted by molar-refractivity contribution is -0.121. The minimum atomic E-state index is 0.127. The van der Waals surface area contributed by atoms with Crippen LogP contribution in [0.3, 0.4) is 0 Å². The Morgan fingerprint density at radius 3 is 2.93 bits per heavy atom. The Morgan fingerprint density at radius 2 is 2.40 bits per heavy atom. The number of carbonyl (C=O) groups excluding carboxylic acids is 1. The van der Waals surface area contributed by atoms with Crippen LogP contribution in [0.2, 0.25) is 0 Å². The molecule has 0 saturated carbocycles. The number of halogens is 1. The van der Waals surface area contributed by atoms with Gasteiger partial charge in [-0.1, -0.05) is 6.92 Å². The lowest BCUT2D eigenvalue weighted by Gasteiger charge is -2.08. The van der Waals surface area contributed by atoms with Crippen molar-refractivity contribution in [2.45, 2.75) is 26.2 Å². The minimum absolute atomic E-state index is 0.127. The molecule has 0 saturated heterocycles. The van der Waals surface area contributed by atoms with Crippen LogP contribution in [0.5, 0.6) is 0 Å². The Bertz CT molecular complexity index is 324. The van der Waals surface area contributed by atoms with Gasteiger partial charge in [0.25, 0.3) is 0 Å². The molecule has 1 rings (SSSR count). The van der Waals surface area contributed by atoms with Gasteiger partial charge in [-0.15, -0.1) is 11.3 Å². The van der Waals surface area contributed by atoms with Crippen LogP contribution in [0.15, 0.2) is 15.9 Å². The summed E-state index contributed by atoms with van der Waals surface area (Å²) in [6.07, 6.45) is 2.38. The third kappa shape index (κ3) is 4.05. The van der Waals surface area contributed by atoms with Crippen molar-refractivity contribution in [3.8, 4) is 0 Å². The highest BCUT2D eigenvalue weighted by atomic mass is 79.9. The first-order chi connectivity index (χ1) is 7.15. The van der Waals surface area contributed by atoms with Crippen molar-refractivity contribution in [1.29, 1.82) is 0 Å². The number of rotatable bonds is 6. The number of hydrogen-bond acceptors (Lipinski definition) is 3. The molecule has 1 atom stereocenters. The van der Waals surface area contributed by atoms with E-state index in [0.717, 1.165) is 22.2 Å². The average molecular weight is 290 g/mol. The zero-order chi connectivity index (χ0) is 11.3. The summed E-state index contributed by atoms with van der Waals surface area (Å²) in [5, 5.41) is 2.00. The number of ketones is 1. The summed E-state index contributed by atoms with van der Waals surface area (Å²) in [7, 11) is 0. The van der Waals surface area contributed by atoms with Gasteiger partial charge >= 0.3 is 0 Å². The third-order valence-electron chi connectivity index (χ3n) is 2.42. The predicted octanol–water partition coefficient (Wildman–Crippen LogP) is 3.00. The predicted molar refractivity (Wildman–Crippen MR) is 68.2 cm³/mol. The van der Waals surface area contributed by atoms with Crippen molar-refractivity contribution < 1.29 is 4.79 Å². The second-order valence-corrected chi connectivity index (χ2v) is 5.52. The summed E-state index contributed by atoms with van der Waals surface area (Å²) in [6, 6.07) is 1.98. The lowest BCUT2D eigenvalue weighted by atomic mass is 9.98. The van der Waals surface area contributed by atoms with Crippen molar-refractivity contribution in [3.05, 3.63) is 20.8 Å². The van der Waals surface area contributed by atoms with Crippen LogP contribution in [-0.2, 0) is 11.2 Å². The van der Waals surface area contributed by atoms with Gasteiger partial charge in [-0.05, 0) is 46.8 Å². The number of thiophene rings is 1. The van der Waals surface area contributed by atoms with Crippen molar-refractivity contribution in [1.82, 2.24) is 0 Å². The van der Waals surface area contributed by atoms with E-state index in [1.807, 2.05) is 18.4 Å². The molecule has 0 aliphatic carbocycles. The molecule has 4 heteroatoms. The van der Waals surface area contributed by atoms with E-state index in [-0.39, 0.29) is 5.92 Å². The molecular weight excluding hydrogens is 274 g/mol. The van der Waals surface area contributed by atoms with Crippen LogP contribution in [0, 0.1) is 5.92 Å². The summed E-state index contributed by atoms with van der Waals surface area (Å²) in [4.78, 5) is 12.9. The molecule has 84 valence electrons. The number of hydrogen-bond donors (Lipinski definition) is 1. The van der Waals surface area contributed by atoms with Crippen LogP contribution in [0.1, 0.15) is 24.6 Å². The molecule has 0 spiro atoms. The topological polar surface area (TPSA) is 43.1 Å². The maximum absolute atomic E-state index is 11.8. The fraction of sp³-hybridized carbons (Fsp3) is 0.545. The largest absolute Gasteiger partial charge is 0.330 e. The summed E-state index contributed by atoms with van der Waals surface area (Å²) in [5.74, 6) is 0.439. The molecule has 0 fully saturated rings. The summed E-state index contributed by atoms with van der Waals surface area (Å²) in [5.41, 5.74) is 5.42. The summed E-state index contributed by atoms with van der Waals surface area (Å²) in [6.45, 7) is 2.65. The number of carbonyl (C=O) groups is 1. The van der Waals surface area contributed by atoms with Crippen molar-refractivity contribution in [3.63, 3.8) is 0 Å². The molecule has 0 amide bonds. The highest BCUT2D eigenvalue weighted by molar-refractivity contribution is 9.10. The highest BCUT2D eigenvalue weighted by Gasteiger charge is 2.14. The molecule has 15 heavy (non-hydrogen) atoms. The smallest absolute Gasteiger partial charge is 0.140 e. The highest BCUT2D eigenvalue weighted by Crippen LogP contribution is 2.24. The quantitative estimate of drug-likeness (QED) is 0.875. The first kappa shape index (κ1) is 12.9. The Labute approximate surface area is 103 Å². The number of nitrogens with two attached hydrogens (primary N) is 1. The molecule has 0 aromatic carbocycles. The second-order valence-electron chi connectivity index (χ2n) is 3.67. The van der Waals surface area contributed by atoms with Gasteiger partial charge in [0.05, 0.1) is 0 Å². The standard InChI is InChI=1S/C11H16BrNOS/c1-8(3-2-5-13)10(14)7-11-9(12)4-6-15-11/h4,6,8H,2-3,5,7,13H2,1H3. The summed E-state index contributed by atoms with van der Waals surface area (Å²) < 4.78 is 1.05. The zero-order valence-corrected chi connectivity index (χ0v) is 11.2. The third-order valence-corrected chi connectivity index (χ3v) is 4.34. The maximum Gasteiger partial charge on any atom is 0.140 e. The monoisotopic (exact) mass is 289 g/mol. The van der Waals surface area contributed by atoms with E-state index >= 15 is 0 Å². The second kappa shape index (κ2) is 6.40. The van der Waals surface area contributed by atoms with Crippen LogP contribution in [0.4, 0.5) is 0 Å². The van der Waals surface area contributed by atoms with Crippen molar-refractivity contribution in [2.75, 3.05) is 6.54 Å².